The molecule has 1 aliphatic rings. The Morgan fingerprint density at radius 1 is 1.23 bits per heavy atom. The van der Waals surface area contributed by atoms with Crippen LogP contribution in [0.3, 0.4) is 0 Å². The second kappa shape index (κ2) is 8.83. The quantitative estimate of drug-likeness (QED) is 0.615. The van der Waals surface area contributed by atoms with Gasteiger partial charge in [-0.15, -0.1) is 11.3 Å². The summed E-state index contributed by atoms with van der Waals surface area (Å²) in [4.78, 5) is 20.2. The molecular formula is C22H27N5OS2. The predicted molar refractivity (Wildman–Crippen MR) is 127 cm³/mol. The minimum atomic E-state index is -0.0175. The lowest BCUT2D eigenvalue weighted by atomic mass is 10.1. The molecule has 1 saturated heterocycles. The van der Waals surface area contributed by atoms with Crippen molar-refractivity contribution in [3.8, 4) is 11.3 Å². The molecule has 0 aliphatic carbocycles. The first-order chi connectivity index (χ1) is 14.4. The predicted octanol–water partition coefficient (Wildman–Crippen LogP) is 3.39. The van der Waals surface area contributed by atoms with Gasteiger partial charge in [-0.3, -0.25) is 14.4 Å². The third-order valence-corrected chi connectivity index (χ3v) is 6.97. The molecule has 1 fully saturated rings. The Hall–Kier alpha value is -2.29. The van der Waals surface area contributed by atoms with Crippen molar-refractivity contribution in [2.45, 2.75) is 19.9 Å². The number of rotatable bonds is 5. The minimum Gasteiger partial charge on any atom is -0.364 e. The minimum absolute atomic E-state index is 0.0175. The Balaban J connectivity index is 1.42. The van der Waals surface area contributed by atoms with Crippen LogP contribution in [0.5, 0.6) is 0 Å². The number of nitrogens with zero attached hydrogens (tertiary/aromatic N) is 4. The summed E-state index contributed by atoms with van der Waals surface area (Å²) in [5, 5.41) is 8.85. The number of thiocarbonyl (C=S) groups is 1. The molecule has 158 valence electrons. The maximum atomic E-state index is 12.9. The Kier molecular flexibility index (Phi) is 6.17. The summed E-state index contributed by atoms with van der Waals surface area (Å²) in [6.45, 7) is 8.77. The largest absolute Gasteiger partial charge is 0.364 e. The third-order valence-electron chi connectivity index (χ3n) is 5.51. The second-order valence-electron chi connectivity index (χ2n) is 7.85. The van der Waals surface area contributed by atoms with Gasteiger partial charge in [-0.2, -0.15) is 5.10 Å². The third kappa shape index (κ3) is 4.40. The van der Waals surface area contributed by atoms with Gasteiger partial charge in [0.2, 0.25) is 0 Å². The van der Waals surface area contributed by atoms with Gasteiger partial charge in [0.05, 0.1) is 9.87 Å². The van der Waals surface area contributed by atoms with Crippen LogP contribution in [0.15, 0.2) is 36.4 Å². The average molecular weight is 442 g/mol. The molecular weight excluding hydrogens is 414 g/mol. The molecule has 0 bridgehead atoms. The van der Waals surface area contributed by atoms with Crippen LogP contribution in [0.2, 0.25) is 0 Å². The molecule has 3 aromatic rings. The summed E-state index contributed by atoms with van der Waals surface area (Å²) in [5.74, 6) is -0.0175. The first-order valence-corrected chi connectivity index (χ1v) is 11.5. The fraction of sp³-hybridized carbons (Fsp3) is 0.409. The summed E-state index contributed by atoms with van der Waals surface area (Å²) in [7, 11) is 1.93. The zero-order valence-electron chi connectivity index (χ0n) is 17.6. The highest BCUT2D eigenvalue weighted by atomic mass is 32.1. The molecule has 1 unspecified atom stereocenters. The van der Waals surface area contributed by atoms with Gasteiger partial charge in [-0.25, -0.2) is 0 Å². The smallest absolute Gasteiger partial charge is 0.261 e. The lowest BCUT2D eigenvalue weighted by Crippen LogP contribution is -2.51. The molecule has 1 aromatic carbocycles. The molecule has 6 nitrogen and oxygen atoms in total. The number of amides is 1. The Bertz CT molecular complexity index is 1050. The van der Waals surface area contributed by atoms with Gasteiger partial charge in [-0.1, -0.05) is 42.5 Å². The van der Waals surface area contributed by atoms with Gasteiger partial charge in [-0.05, 0) is 19.9 Å². The Morgan fingerprint density at radius 3 is 2.60 bits per heavy atom. The molecule has 3 heterocycles. The van der Waals surface area contributed by atoms with Gasteiger partial charge >= 0.3 is 0 Å². The number of thiophene rings is 1. The highest BCUT2D eigenvalue weighted by molar-refractivity contribution is 7.80. The van der Waals surface area contributed by atoms with Crippen molar-refractivity contribution >= 4 is 44.7 Å². The monoisotopic (exact) mass is 441 g/mol. The zero-order chi connectivity index (χ0) is 21.3. The van der Waals surface area contributed by atoms with E-state index in [0.29, 0.717) is 0 Å². The number of aromatic nitrogens is 2. The maximum Gasteiger partial charge on any atom is 0.261 e. The molecule has 30 heavy (non-hydrogen) atoms. The van der Waals surface area contributed by atoms with Crippen LogP contribution in [-0.4, -0.2) is 69.2 Å². The number of benzene rings is 1. The van der Waals surface area contributed by atoms with Gasteiger partial charge < -0.3 is 10.2 Å². The van der Waals surface area contributed by atoms with Crippen LogP contribution in [0.25, 0.3) is 21.5 Å². The van der Waals surface area contributed by atoms with E-state index >= 15 is 0 Å². The van der Waals surface area contributed by atoms with E-state index in [2.05, 4.69) is 27.1 Å². The van der Waals surface area contributed by atoms with Crippen molar-refractivity contribution in [1.29, 1.82) is 0 Å². The summed E-state index contributed by atoms with van der Waals surface area (Å²) < 4.78 is 1.86. The first kappa shape index (κ1) is 21.0. The zero-order valence-corrected chi connectivity index (χ0v) is 19.2. The van der Waals surface area contributed by atoms with E-state index < -0.39 is 0 Å². The molecule has 1 atom stereocenters. The molecule has 4 rings (SSSR count). The highest BCUT2D eigenvalue weighted by Gasteiger charge is 2.22. The molecule has 2 aromatic heterocycles. The van der Waals surface area contributed by atoms with Crippen molar-refractivity contribution in [3.05, 3.63) is 41.3 Å². The fourth-order valence-corrected chi connectivity index (χ4v) is 5.09. The maximum absolute atomic E-state index is 12.9. The molecule has 0 saturated carbocycles. The number of nitrogens with one attached hydrogen (secondary N) is 1. The van der Waals surface area contributed by atoms with Crippen molar-refractivity contribution in [2.24, 2.45) is 7.05 Å². The van der Waals surface area contributed by atoms with E-state index in [-0.39, 0.29) is 11.9 Å². The Morgan fingerprint density at radius 2 is 1.93 bits per heavy atom. The van der Waals surface area contributed by atoms with Crippen LogP contribution in [0.1, 0.15) is 23.5 Å². The van der Waals surface area contributed by atoms with Crippen molar-refractivity contribution in [1.82, 2.24) is 24.9 Å². The van der Waals surface area contributed by atoms with Crippen molar-refractivity contribution in [2.75, 3.05) is 32.7 Å². The van der Waals surface area contributed by atoms with E-state index in [4.69, 9.17) is 12.2 Å². The first-order valence-electron chi connectivity index (χ1n) is 10.2. The molecule has 8 heteroatoms. The number of aryl methyl sites for hydroxylation is 1. The lowest BCUT2D eigenvalue weighted by Gasteiger charge is -2.36. The van der Waals surface area contributed by atoms with E-state index in [1.54, 1.807) is 0 Å². The van der Waals surface area contributed by atoms with Crippen LogP contribution in [0.4, 0.5) is 0 Å². The van der Waals surface area contributed by atoms with Crippen molar-refractivity contribution < 1.29 is 4.79 Å². The normalized spacial score (nSPS) is 16.0. The van der Waals surface area contributed by atoms with Crippen LogP contribution in [0, 0.1) is 0 Å². The molecule has 1 amide bonds. The molecule has 1 N–H and O–H groups in total. The molecule has 1 aliphatic heterocycles. The van der Waals surface area contributed by atoms with E-state index in [9.17, 15) is 4.79 Å². The summed E-state index contributed by atoms with van der Waals surface area (Å²) in [6.07, 6.45) is 0. The van der Waals surface area contributed by atoms with Gasteiger partial charge in [0.25, 0.3) is 5.91 Å². The van der Waals surface area contributed by atoms with Crippen LogP contribution >= 0.6 is 23.6 Å². The van der Waals surface area contributed by atoms with E-state index in [1.807, 2.05) is 55.1 Å². The van der Waals surface area contributed by atoms with E-state index in [0.717, 1.165) is 64.1 Å². The Labute approximate surface area is 186 Å². The SMILES string of the molecule is CC(=S)N1CCN(CC(C)NC(=O)c2cc3c(-c4ccccc4)nn(C)c3s2)CC1. The van der Waals surface area contributed by atoms with Gasteiger partial charge in [0.15, 0.2) is 0 Å². The van der Waals surface area contributed by atoms with Crippen LogP contribution in [-0.2, 0) is 7.05 Å². The standard InChI is InChI=1S/C22H27N5OS2/c1-15(14-26-9-11-27(12-10-26)16(2)29)23-21(28)19-13-18-20(17-7-5-4-6-8-17)24-25(3)22(18)30-19/h4-8,13,15H,9-12,14H2,1-3H3,(H,23,28). The fourth-order valence-electron chi connectivity index (χ4n) is 3.94. The lowest BCUT2D eigenvalue weighted by molar-refractivity contribution is 0.0925. The summed E-state index contributed by atoms with van der Waals surface area (Å²) >= 11 is 6.76. The highest BCUT2D eigenvalue weighted by Crippen LogP contribution is 2.33. The number of carbonyl (C=O) groups is 1. The van der Waals surface area contributed by atoms with Gasteiger partial charge in [0, 0.05) is 56.8 Å². The summed E-state index contributed by atoms with van der Waals surface area (Å²) in [6, 6.07) is 12.1. The number of hydrogen-bond donors (Lipinski definition) is 1. The summed E-state index contributed by atoms with van der Waals surface area (Å²) in [5.41, 5.74) is 1.98. The van der Waals surface area contributed by atoms with Gasteiger partial charge in [0.1, 0.15) is 10.5 Å². The van der Waals surface area contributed by atoms with Crippen molar-refractivity contribution in [3.63, 3.8) is 0 Å². The average Bonchev–Trinajstić information content (AvgIpc) is 3.30. The second-order valence-corrected chi connectivity index (χ2v) is 9.47. The molecule has 0 spiro atoms. The molecule has 0 radical (unpaired) electrons. The number of fused-ring (bicyclic) bond motifs is 1. The number of carbonyl (C=O) groups excluding carboxylic acids is 1. The number of hydrogen-bond acceptors (Lipinski definition) is 5. The topological polar surface area (TPSA) is 53.4 Å². The van der Waals surface area contributed by atoms with Crippen LogP contribution < -0.4 is 5.32 Å². The van der Waals surface area contributed by atoms with E-state index in [1.165, 1.54) is 11.3 Å². The number of piperazine rings is 1.